The number of hydrogen-bond donors (Lipinski definition) is 1. The number of fused-ring (bicyclic) bond motifs is 1. The zero-order valence-corrected chi connectivity index (χ0v) is 13.9. The fraction of sp³-hybridized carbons (Fsp3) is 0.316. The summed E-state index contributed by atoms with van der Waals surface area (Å²) < 4.78 is 1.31. The molecule has 3 aromatic rings. The van der Waals surface area contributed by atoms with Gasteiger partial charge in [-0.05, 0) is 55.8 Å². The monoisotopic (exact) mass is 323 g/mol. The van der Waals surface area contributed by atoms with Crippen LogP contribution in [0, 0.1) is 0 Å². The van der Waals surface area contributed by atoms with Crippen molar-refractivity contribution in [3.05, 3.63) is 59.1 Å². The molecule has 1 aromatic heterocycles. The number of para-hydroxylation sites is 1. The van der Waals surface area contributed by atoms with Crippen LogP contribution in [0.15, 0.2) is 48.5 Å². The topological polar surface area (TPSA) is 42.1 Å². The number of nitrogens with zero attached hydrogens (tertiary/aromatic N) is 2. The predicted octanol–water partition coefficient (Wildman–Crippen LogP) is 4.26. The van der Waals surface area contributed by atoms with Gasteiger partial charge in [0.2, 0.25) is 0 Å². The molecule has 3 nitrogen and oxygen atoms in total. The molecular formula is C19H21N3S. The van der Waals surface area contributed by atoms with Gasteiger partial charge in [0.1, 0.15) is 0 Å². The van der Waals surface area contributed by atoms with Crippen LogP contribution >= 0.6 is 11.3 Å². The van der Waals surface area contributed by atoms with Gasteiger partial charge in [-0.1, -0.05) is 24.3 Å². The molecule has 1 aliphatic rings. The Bertz CT molecular complexity index is 770. The molecule has 23 heavy (non-hydrogen) atoms. The van der Waals surface area contributed by atoms with Crippen molar-refractivity contribution >= 4 is 27.2 Å². The molecule has 0 spiro atoms. The van der Waals surface area contributed by atoms with Gasteiger partial charge in [0.25, 0.3) is 0 Å². The first-order valence-electron chi connectivity index (χ1n) is 8.20. The normalized spacial score (nSPS) is 16.9. The first-order chi connectivity index (χ1) is 11.3. The van der Waals surface area contributed by atoms with Gasteiger partial charge >= 0.3 is 0 Å². The summed E-state index contributed by atoms with van der Waals surface area (Å²) in [5.74, 6) is 0.615. The van der Waals surface area contributed by atoms with E-state index in [9.17, 15) is 0 Å². The summed E-state index contributed by atoms with van der Waals surface area (Å²) >= 11 is 1.86. The molecule has 2 aromatic carbocycles. The van der Waals surface area contributed by atoms with Crippen molar-refractivity contribution in [2.24, 2.45) is 0 Å². The van der Waals surface area contributed by atoms with Gasteiger partial charge in [-0.15, -0.1) is 11.3 Å². The first-order valence-corrected chi connectivity index (χ1v) is 9.02. The molecule has 4 rings (SSSR count). The van der Waals surface area contributed by atoms with E-state index < -0.39 is 0 Å². The second-order valence-electron chi connectivity index (χ2n) is 6.32. The first kappa shape index (κ1) is 14.7. The van der Waals surface area contributed by atoms with Gasteiger partial charge in [0.05, 0.1) is 15.2 Å². The van der Waals surface area contributed by atoms with Crippen molar-refractivity contribution in [1.29, 1.82) is 0 Å². The summed E-state index contributed by atoms with van der Waals surface area (Å²) in [6, 6.07) is 16.7. The molecule has 4 heteroatoms. The Morgan fingerprint density at radius 1 is 1.09 bits per heavy atom. The zero-order chi connectivity index (χ0) is 15.6. The minimum absolute atomic E-state index is 0.615. The van der Waals surface area contributed by atoms with Crippen molar-refractivity contribution in [2.45, 2.75) is 25.3 Å². The highest BCUT2D eigenvalue weighted by atomic mass is 32.1. The van der Waals surface area contributed by atoms with E-state index in [0.717, 1.165) is 30.8 Å². The molecule has 118 valence electrons. The average molecular weight is 323 g/mol. The van der Waals surface area contributed by atoms with Crippen LogP contribution in [-0.2, 0) is 6.54 Å². The summed E-state index contributed by atoms with van der Waals surface area (Å²) in [7, 11) is 0. The Kier molecular flexibility index (Phi) is 4.02. The third-order valence-corrected chi connectivity index (χ3v) is 5.80. The van der Waals surface area contributed by atoms with E-state index in [0.29, 0.717) is 5.92 Å². The Morgan fingerprint density at radius 3 is 2.70 bits per heavy atom. The van der Waals surface area contributed by atoms with Crippen molar-refractivity contribution in [3.63, 3.8) is 0 Å². The molecule has 1 aliphatic heterocycles. The van der Waals surface area contributed by atoms with Gasteiger partial charge in [-0.3, -0.25) is 4.90 Å². The van der Waals surface area contributed by atoms with E-state index in [1.54, 1.807) is 0 Å². The number of aromatic nitrogens is 1. The van der Waals surface area contributed by atoms with Crippen molar-refractivity contribution < 1.29 is 0 Å². The minimum Gasteiger partial charge on any atom is -0.399 e. The largest absolute Gasteiger partial charge is 0.399 e. The highest BCUT2D eigenvalue weighted by molar-refractivity contribution is 7.18. The quantitative estimate of drug-likeness (QED) is 0.732. The highest BCUT2D eigenvalue weighted by Gasteiger charge is 2.23. The molecular weight excluding hydrogens is 302 g/mol. The molecule has 0 amide bonds. The molecule has 1 fully saturated rings. The lowest BCUT2D eigenvalue weighted by Crippen LogP contribution is -2.32. The number of nitrogens with two attached hydrogens (primary N) is 1. The lowest BCUT2D eigenvalue weighted by atomic mass is 9.97. The molecule has 1 saturated heterocycles. The Labute approximate surface area is 140 Å². The second kappa shape index (κ2) is 6.30. The molecule has 0 radical (unpaired) electrons. The van der Waals surface area contributed by atoms with E-state index in [1.807, 2.05) is 23.5 Å². The predicted molar refractivity (Wildman–Crippen MR) is 97.7 cm³/mol. The van der Waals surface area contributed by atoms with Crippen LogP contribution in [0.25, 0.3) is 10.2 Å². The standard InChI is InChI=1S/C19H21N3S/c20-16-5-3-4-14(12-16)13-22-10-8-15(9-11-22)19-21-17-6-1-2-7-18(17)23-19/h1-7,12,15H,8-11,13,20H2. The van der Waals surface area contributed by atoms with Crippen LogP contribution in [-0.4, -0.2) is 23.0 Å². The molecule has 0 atom stereocenters. The summed E-state index contributed by atoms with van der Waals surface area (Å²) in [6.45, 7) is 3.27. The zero-order valence-electron chi connectivity index (χ0n) is 13.1. The molecule has 2 heterocycles. The van der Waals surface area contributed by atoms with Gasteiger partial charge in [0.15, 0.2) is 0 Å². The second-order valence-corrected chi connectivity index (χ2v) is 7.38. The maximum Gasteiger partial charge on any atom is 0.0970 e. The van der Waals surface area contributed by atoms with E-state index >= 15 is 0 Å². The number of hydrogen-bond acceptors (Lipinski definition) is 4. The molecule has 0 aliphatic carbocycles. The fourth-order valence-corrected chi connectivity index (χ4v) is 4.49. The lowest BCUT2D eigenvalue weighted by Gasteiger charge is -2.31. The van der Waals surface area contributed by atoms with Gasteiger partial charge in [-0.25, -0.2) is 4.98 Å². The Morgan fingerprint density at radius 2 is 1.91 bits per heavy atom. The van der Waals surface area contributed by atoms with E-state index in [2.05, 4.69) is 41.3 Å². The van der Waals surface area contributed by atoms with Crippen molar-refractivity contribution in [1.82, 2.24) is 9.88 Å². The van der Waals surface area contributed by atoms with Crippen molar-refractivity contribution in [3.8, 4) is 0 Å². The maximum absolute atomic E-state index is 5.87. The number of piperidine rings is 1. The number of anilines is 1. The van der Waals surface area contributed by atoms with Crippen LogP contribution in [0.3, 0.4) is 0 Å². The summed E-state index contributed by atoms with van der Waals surface area (Å²) in [4.78, 5) is 7.37. The number of nitrogen functional groups attached to an aromatic ring is 1. The maximum atomic E-state index is 5.87. The molecule has 0 unspecified atom stereocenters. The SMILES string of the molecule is Nc1cccc(CN2CCC(c3nc4ccccc4s3)CC2)c1. The number of benzene rings is 2. The number of likely N-dealkylation sites (tertiary alicyclic amines) is 1. The van der Waals surface area contributed by atoms with Crippen LogP contribution in [0.4, 0.5) is 5.69 Å². The molecule has 2 N–H and O–H groups in total. The van der Waals surface area contributed by atoms with Gasteiger partial charge in [-0.2, -0.15) is 0 Å². The smallest absolute Gasteiger partial charge is 0.0970 e. The molecule has 0 bridgehead atoms. The summed E-state index contributed by atoms with van der Waals surface area (Å²) in [5, 5.41) is 1.31. The van der Waals surface area contributed by atoms with E-state index in [4.69, 9.17) is 10.7 Å². The van der Waals surface area contributed by atoms with Crippen LogP contribution < -0.4 is 5.73 Å². The highest BCUT2D eigenvalue weighted by Crippen LogP contribution is 2.34. The summed E-state index contributed by atoms with van der Waals surface area (Å²) in [5.41, 5.74) is 9.18. The summed E-state index contributed by atoms with van der Waals surface area (Å²) in [6.07, 6.45) is 2.39. The Hall–Kier alpha value is -1.91. The van der Waals surface area contributed by atoms with Crippen molar-refractivity contribution in [2.75, 3.05) is 18.8 Å². The number of thiazole rings is 1. The number of rotatable bonds is 3. The third-order valence-electron chi connectivity index (χ3n) is 4.60. The third kappa shape index (κ3) is 3.23. The van der Waals surface area contributed by atoms with Crippen LogP contribution in [0.5, 0.6) is 0 Å². The van der Waals surface area contributed by atoms with Gasteiger partial charge in [0, 0.05) is 18.2 Å². The van der Waals surface area contributed by atoms with Gasteiger partial charge < -0.3 is 5.73 Å². The van der Waals surface area contributed by atoms with E-state index in [-0.39, 0.29) is 0 Å². The average Bonchev–Trinajstić information content (AvgIpc) is 2.99. The minimum atomic E-state index is 0.615. The van der Waals surface area contributed by atoms with E-state index in [1.165, 1.54) is 28.1 Å². The molecule has 0 saturated carbocycles. The lowest BCUT2D eigenvalue weighted by molar-refractivity contribution is 0.204. The fourth-order valence-electron chi connectivity index (χ4n) is 3.35. The van der Waals surface area contributed by atoms with Crippen LogP contribution in [0.1, 0.15) is 29.3 Å². The Balaban J connectivity index is 1.40. The van der Waals surface area contributed by atoms with Crippen LogP contribution in [0.2, 0.25) is 0 Å².